The molecule has 0 aliphatic heterocycles. The molecule has 0 saturated heterocycles. The predicted octanol–water partition coefficient (Wildman–Crippen LogP) is 6.59. The van der Waals surface area contributed by atoms with Gasteiger partial charge in [-0.25, -0.2) is 4.98 Å². The van der Waals surface area contributed by atoms with E-state index in [1.165, 1.54) is 21.6 Å². The number of rotatable bonds is 10. The van der Waals surface area contributed by atoms with Crippen molar-refractivity contribution in [2.45, 2.75) is 54.0 Å². The molecule has 0 bridgehead atoms. The average molecular weight is 451 g/mol. The van der Waals surface area contributed by atoms with Gasteiger partial charge in [0.2, 0.25) is 0 Å². The number of nitrogens with zero attached hydrogens (tertiary/aromatic N) is 2. The van der Waals surface area contributed by atoms with Gasteiger partial charge in [0.15, 0.2) is 5.13 Å². The maximum absolute atomic E-state index is 12.1. The van der Waals surface area contributed by atoms with Crippen molar-refractivity contribution in [1.82, 2.24) is 4.98 Å². The summed E-state index contributed by atoms with van der Waals surface area (Å²) >= 11 is 1.75. The number of carbonyl (C=O) groups is 1. The number of hydrogen-bond donors (Lipinski definition) is 0. The number of aromatic nitrogens is 1. The smallest absolute Gasteiger partial charge is 0.307 e. The fourth-order valence-corrected chi connectivity index (χ4v) is 4.92. The lowest BCUT2D eigenvalue weighted by atomic mass is 10.0. The summed E-state index contributed by atoms with van der Waals surface area (Å²) in [4.78, 5) is 20.7. The van der Waals surface area contributed by atoms with Crippen molar-refractivity contribution in [3.63, 3.8) is 0 Å². The second kappa shape index (κ2) is 11.3. The van der Waals surface area contributed by atoms with Gasteiger partial charge in [-0.1, -0.05) is 56.3 Å². The molecule has 4 nitrogen and oxygen atoms in total. The van der Waals surface area contributed by atoms with Crippen molar-refractivity contribution < 1.29 is 9.53 Å². The minimum Gasteiger partial charge on any atom is -0.466 e. The first-order valence-corrected chi connectivity index (χ1v) is 12.2. The maximum atomic E-state index is 12.1. The molecule has 0 unspecified atom stereocenters. The van der Waals surface area contributed by atoms with Crippen LogP contribution in [-0.4, -0.2) is 24.1 Å². The van der Waals surface area contributed by atoms with Gasteiger partial charge >= 0.3 is 5.97 Å². The number of ether oxygens (including phenoxy) is 1. The Bertz CT molecular complexity index is 1030. The SMILES string of the molecule is CCOC(=O)CCN(Cc1ccccc1)c1nc(-c2ccc(C)c(C)c2)c(CC(C)C)s1. The van der Waals surface area contributed by atoms with Crippen molar-refractivity contribution in [3.05, 3.63) is 70.1 Å². The van der Waals surface area contributed by atoms with Crippen LogP contribution in [0.3, 0.4) is 0 Å². The maximum Gasteiger partial charge on any atom is 0.307 e. The number of thiazole rings is 1. The van der Waals surface area contributed by atoms with E-state index in [0.717, 1.165) is 22.8 Å². The molecule has 0 amide bonds. The first-order valence-electron chi connectivity index (χ1n) is 11.4. The zero-order chi connectivity index (χ0) is 23.1. The third-order valence-electron chi connectivity index (χ3n) is 5.44. The Morgan fingerprint density at radius 3 is 2.50 bits per heavy atom. The zero-order valence-electron chi connectivity index (χ0n) is 19.9. The van der Waals surface area contributed by atoms with Crippen LogP contribution in [0.25, 0.3) is 11.3 Å². The first kappa shape index (κ1) is 24.0. The van der Waals surface area contributed by atoms with Gasteiger partial charge in [0.05, 0.1) is 18.7 Å². The molecule has 2 aromatic carbocycles. The quantitative estimate of drug-likeness (QED) is 0.327. The van der Waals surface area contributed by atoms with Crippen molar-refractivity contribution in [2.24, 2.45) is 5.92 Å². The molecular weight excluding hydrogens is 416 g/mol. The highest BCUT2D eigenvalue weighted by Crippen LogP contribution is 2.36. The van der Waals surface area contributed by atoms with E-state index in [2.05, 4.69) is 62.9 Å². The predicted molar refractivity (Wildman–Crippen MR) is 134 cm³/mol. The topological polar surface area (TPSA) is 42.4 Å². The number of hydrogen-bond acceptors (Lipinski definition) is 5. The van der Waals surface area contributed by atoms with Gasteiger partial charge in [-0.3, -0.25) is 4.79 Å². The molecule has 3 rings (SSSR count). The second-order valence-electron chi connectivity index (χ2n) is 8.63. The summed E-state index contributed by atoms with van der Waals surface area (Å²) in [6.07, 6.45) is 1.33. The van der Waals surface area contributed by atoms with E-state index >= 15 is 0 Å². The summed E-state index contributed by atoms with van der Waals surface area (Å²) in [7, 11) is 0. The van der Waals surface area contributed by atoms with E-state index in [1.54, 1.807) is 11.3 Å². The van der Waals surface area contributed by atoms with Gasteiger partial charge in [0.1, 0.15) is 0 Å². The van der Waals surface area contributed by atoms with Gasteiger partial charge in [0, 0.05) is 23.5 Å². The number of aryl methyl sites for hydroxylation is 2. The van der Waals surface area contributed by atoms with E-state index < -0.39 is 0 Å². The molecule has 1 aromatic heterocycles. The monoisotopic (exact) mass is 450 g/mol. The average Bonchev–Trinajstić information content (AvgIpc) is 3.17. The lowest BCUT2D eigenvalue weighted by molar-refractivity contribution is -0.142. The molecule has 0 radical (unpaired) electrons. The van der Waals surface area contributed by atoms with Crippen molar-refractivity contribution >= 4 is 22.4 Å². The van der Waals surface area contributed by atoms with Gasteiger partial charge in [0.25, 0.3) is 0 Å². The molecule has 0 aliphatic carbocycles. The standard InChI is InChI=1S/C27H34N2O2S/c1-6-31-25(30)14-15-29(18-22-10-8-7-9-11-22)27-28-26(24(32-27)16-19(2)3)23-13-12-20(4)21(5)17-23/h7-13,17,19H,6,14-16,18H2,1-5H3. The summed E-state index contributed by atoms with van der Waals surface area (Å²) in [5, 5.41) is 0.960. The van der Waals surface area contributed by atoms with E-state index in [0.29, 0.717) is 32.0 Å². The molecule has 0 aliphatic rings. The first-order chi connectivity index (χ1) is 15.4. The summed E-state index contributed by atoms with van der Waals surface area (Å²) in [5.74, 6) is 0.370. The van der Waals surface area contributed by atoms with Crippen LogP contribution in [0.1, 0.15) is 48.8 Å². The summed E-state index contributed by atoms with van der Waals surface area (Å²) in [6, 6.07) is 16.9. The van der Waals surface area contributed by atoms with Crippen LogP contribution in [0.5, 0.6) is 0 Å². The molecule has 1 heterocycles. The molecule has 0 spiro atoms. The molecule has 3 aromatic rings. The van der Waals surface area contributed by atoms with Crippen molar-refractivity contribution in [1.29, 1.82) is 0 Å². The molecule has 0 N–H and O–H groups in total. The van der Waals surface area contributed by atoms with E-state index in [1.807, 2.05) is 25.1 Å². The van der Waals surface area contributed by atoms with E-state index in [9.17, 15) is 4.79 Å². The molecule has 0 saturated carbocycles. The third kappa shape index (κ3) is 6.42. The summed E-state index contributed by atoms with van der Waals surface area (Å²) < 4.78 is 5.17. The molecule has 0 atom stereocenters. The Morgan fingerprint density at radius 1 is 1.09 bits per heavy atom. The minimum absolute atomic E-state index is 0.168. The van der Waals surface area contributed by atoms with Gasteiger partial charge < -0.3 is 9.64 Å². The van der Waals surface area contributed by atoms with Crippen LogP contribution < -0.4 is 4.90 Å². The Hall–Kier alpha value is -2.66. The van der Waals surface area contributed by atoms with Crippen LogP contribution in [0.4, 0.5) is 5.13 Å². The lowest BCUT2D eigenvalue weighted by Crippen LogP contribution is -2.26. The number of benzene rings is 2. The largest absolute Gasteiger partial charge is 0.466 e. The fourth-order valence-electron chi connectivity index (χ4n) is 3.60. The normalized spacial score (nSPS) is 11.1. The summed E-state index contributed by atoms with van der Waals surface area (Å²) in [6.45, 7) is 12.3. The Morgan fingerprint density at radius 2 is 1.84 bits per heavy atom. The third-order valence-corrected chi connectivity index (χ3v) is 6.58. The highest BCUT2D eigenvalue weighted by molar-refractivity contribution is 7.16. The van der Waals surface area contributed by atoms with Gasteiger partial charge in [-0.15, -0.1) is 11.3 Å². The minimum atomic E-state index is -0.168. The Kier molecular flexibility index (Phi) is 8.46. The lowest BCUT2D eigenvalue weighted by Gasteiger charge is -2.21. The molecule has 5 heteroatoms. The number of esters is 1. The Balaban J connectivity index is 1.97. The molecule has 170 valence electrons. The highest BCUT2D eigenvalue weighted by atomic mass is 32.1. The summed E-state index contributed by atoms with van der Waals surface area (Å²) in [5.41, 5.74) is 5.99. The zero-order valence-corrected chi connectivity index (χ0v) is 20.7. The fraction of sp³-hybridized carbons (Fsp3) is 0.407. The van der Waals surface area contributed by atoms with Crippen molar-refractivity contribution in [2.75, 3.05) is 18.1 Å². The number of carbonyl (C=O) groups excluding carboxylic acids is 1. The van der Waals surface area contributed by atoms with Crippen LogP contribution in [0, 0.1) is 19.8 Å². The second-order valence-corrected chi connectivity index (χ2v) is 9.69. The highest BCUT2D eigenvalue weighted by Gasteiger charge is 2.20. The van der Waals surface area contributed by atoms with Crippen molar-refractivity contribution in [3.8, 4) is 11.3 Å². The van der Waals surface area contributed by atoms with E-state index in [4.69, 9.17) is 9.72 Å². The molecule has 0 fully saturated rings. The number of anilines is 1. The van der Waals surface area contributed by atoms with Crippen LogP contribution in [-0.2, 0) is 22.5 Å². The van der Waals surface area contributed by atoms with Crippen LogP contribution in [0.2, 0.25) is 0 Å². The molecular formula is C27H34N2O2S. The van der Waals surface area contributed by atoms with Gasteiger partial charge in [-0.05, 0) is 55.9 Å². The van der Waals surface area contributed by atoms with Crippen LogP contribution >= 0.6 is 11.3 Å². The Labute approximate surface area is 196 Å². The van der Waals surface area contributed by atoms with Crippen LogP contribution in [0.15, 0.2) is 48.5 Å². The van der Waals surface area contributed by atoms with E-state index in [-0.39, 0.29) is 5.97 Å². The van der Waals surface area contributed by atoms with Gasteiger partial charge in [-0.2, -0.15) is 0 Å². The molecule has 32 heavy (non-hydrogen) atoms.